The zero-order chi connectivity index (χ0) is 24.1. The van der Waals surface area contributed by atoms with E-state index in [4.69, 9.17) is 0 Å². The molecule has 180 valence electrons. The van der Waals surface area contributed by atoms with Crippen LogP contribution in [0.2, 0.25) is 0 Å². The molecule has 0 atom stereocenters. The zero-order valence-electron chi connectivity index (χ0n) is 19.7. The van der Waals surface area contributed by atoms with Gasteiger partial charge in [0.25, 0.3) is 5.91 Å². The predicted molar refractivity (Wildman–Crippen MR) is 130 cm³/mol. The molecule has 8 nitrogen and oxygen atoms in total. The Balaban J connectivity index is 1.45. The van der Waals surface area contributed by atoms with Gasteiger partial charge in [-0.05, 0) is 56.5 Å². The number of amides is 1. The van der Waals surface area contributed by atoms with Crippen molar-refractivity contribution in [2.75, 3.05) is 13.1 Å². The first-order valence-corrected chi connectivity index (χ1v) is 13.1. The average Bonchev–Trinajstić information content (AvgIpc) is 3.01. The van der Waals surface area contributed by atoms with E-state index in [1.807, 2.05) is 37.3 Å². The number of carbonyl (C=O) groups excluding carboxylic acids is 1. The minimum Gasteiger partial charge on any atom is -0.346 e. The quantitative estimate of drug-likeness (QED) is 0.558. The minimum atomic E-state index is -3.57. The summed E-state index contributed by atoms with van der Waals surface area (Å²) in [5.41, 5.74) is 3.44. The van der Waals surface area contributed by atoms with Crippen molar-refractivity contribution < 1.29 is 13.2 Å². The standard InChI is InChI=1S/C25H31N5O3S/c1-19-24(34(32,33)29-15-7-3-4-8-16-29)20(2)30(28-19)18-21-10-12-22(13-11-21)25(31)27-17-23-9-5-6-14-26-23/h5-6,9-14H,3-4,7-8,15-18H2,1-2H3,(H,27,31). The van der Waals surface area contributed by atoms with Crippen LogP contribution in [-0.4, -0.2) is 46.5 Å². The third-order valence-corrected chi connectivity index (χ3v) is 8.33. The van der Waals surface area contributed by atoms with Crippen LogP contribution < -0.4 is 5.32 Å². The highest BCUT2D eigenvalue weighted by Crippen LogP contribution is 2.26. The molecule has 0 aliphatic carbocycles. The Labute approximate surface area is 201 Å². The average molecular weight is 482 g/mol. The lowest BCUT2D eigenvalue weighted by Crippen LogP contribution is -2.32. The van der Waals surface area contributed by atoms with E-state index >= 15 is 0 Å². The van der Waals surface area contributed by atoms with E-state index in [0.29, 0.717) is 48.0 Å². The zero-order valence-corrected chi connectivity index (χ0v) is 20.5. The van der Waals surface area contributed by atoms with Crippen LogP contribution in [0.15, 0.2) is 53.6 Å². The van der Waals surface area contributed by atoms with E-state index in [2.05, 4.69) is 15.4 Å². The van der Waals surface area contributed by atoms with Crippen molar-refractivity contribution in [3.05, 3.63) is 76.9 Å². The monoisotopic (exact) mass is 481 g/mol. The number of nitrogens with zero attached hydrogens (tertiary/aromatic N) is 4. The number of hydrogen-bond donors (Lipinski definition) is 1. The number of aromatic nitrogens is 3. The van der Waals surface area contributed by atoms with Crippen molar-refractivity contribution in [3.63, 3.8) is 0 Å². The molecule has 0 spiro atoms. The molecule has 1 aliphatic heterocycles. The first-order chi connectivity index (χ1) is 16.4. The number of rotatable bonds is 7. The van der Waals surface area contributed by atoms with E-state index in [0.717, 1.165) is 36.9 Å². The molecule has 1 fully saturated rings. The van der Waals surface area contributed by atoms with Gasteiger partial charge in [0.15, 0.2) is 0 Å². The highest BCUT2D eigenvalue weighted by atomic mass is 32.2. The van der Waals surface area contributed by atoms with Gasteiger partial charge in [-0.3, -0.25) is 14.5 Å². The first-order valence-electron chi connectivity index (χ1n) is 11.7. The Kier molecular flexibility index (Phi) is 7.43. The van der Waals surface area contributed by atoms with Crippen molar-refractivity contribution in [1.82, 2.24) is 24.4 Å². The van der Waals surface area contributed by atoms with Crippen LogP contribution in [0.5, 0.6) is 0 Å². The molecule has 3 heterocycles. The molecule has 1 amide bonds. The summed E-state index contributed by atoms with van der Waals surface area (Å²) in [7, 11) is -3.57. The second kappa shape index (κ2) is 10.5. The van der Waals surface area contributed by atoms with Crippen molar-refractivity contribution in [3.8, 4) is 0 Å². The maximum absolute atomic E-state index is 13.4. The van der Waals surface area contributed by atoms with Gasteiger partial charge in [-0.1, -0.05) is 31.0 Å². The summed E-state index contributed by atoms with van der Waals surface area (Å²) >= 11 is 0. The third kappa shape index (κ3) is 5.37. The van der Waals surface area contributed by atoms with Crippen molar-refractivity contribution in [2.24, 2.45) is 0 Å². The molecule has 34 heavy (non-hydrogen) atoms. The fourth-order valence-electron chi connectivity index (χ4n) is 4.33. The summed E-state index contributed by atoms with van der Waals surface area (Å²) in [6, 6.07) is 12.9. The van der Waals surface area contributed by atoms with Crippen LogP contribution in [0.4, 0.5) is 0 Å². The van der Waals surface area contributed by atoms with Crippen LogP contribution in [-0.2, 0) is 23.1 Å². The van der Waals surface area contributed by atoms with E-state index in [1.165, 1.54) is 0 Å². The maximum atomic E-state index is 13.4. The van der Waals surface area contributed by atoms with Crippen LogP contribution in [0.25, 0.3) is 0 Å². The van der Waals surface area contributed by atoms with E-state index < -0.39 is 10.0 Å². The molecule has 0 radical (unpaired) electrons. The van der Waals surface area contributed by atoms with E-state index in [9.17, 15) is 13.2 Å². The lowest BCUT2D eigenvalue weighted by molar-refractivity contribution is 0.0950. The largest absolute Gasteiger partial charge is 0.346 e. The molecule has 9 heteroatoms. The Morgan fingerprint density at radius 2 is 1.71 bits per heavy atom. The summed E-state index contributed by atoms with van der Waals surface area (Å²) in [6.45, 7) is 5.49. The smallest absolute Gasteiger partial charge is 0.251 e. The Morgan fingerprint density at radius 1 is 1.00 bits per heavy atom. The first kappa shape index (κ1) is 24.1. The third-order valence-electron chi connectivity index (χ3n) is 6.18. The van der Waals surface area contributed by atoms with Crippen LogP contribution in [0, 0.1) is 13.8 Å². The fraction of sp³-hybridized carbons (Fsp3) is 0.400. The molecule has 1 aliphatic rings. The number of hydrogen-bond acceptors (Lipinski definition) is 5. The van der Waals surface area contributed by atoms with Crippen LogP contribution in [0.1, 0.15) is 58.7 Å². The second-order valence-electron chi connectivity index (χ2n) is 8.68. The SMILES string of the molecule is Cc1nn(Cc2ccc(C(=O)NCc3ccccn3)cc2)c(C)c1S(=O)(=O)N1CCCCCC1. The minimum absolute atomic E-state index is 0.172. The number of nitrogens with one attached hydrogen (secondary N) is 1. The van der Waals surface area contributed by atoms with Crippen molar-refractivity contribution >= 4 is 15.9 Å². The molecular formula is C25H31N5O3S. The van der Waals surface area contributed by atoms with Gasteiger partial charge in [-0.25, -0.2) is 8.42 Å². The van der Waals surface area contributed by atoms with Gasteiger partial charge in [-0.15, -0.1) is 0 Å². The predicted octanol–water partition coefficient (Wildman–Crippen LogP) is 3.44. The highest BCUT2D eigenvalue weighted by molar-refractivity contribution is 7.89. The normalized spacial score (nSPS) is 15.1. The molecule has 0 bridgehead atoms. The van der Waals surface area contributed by atoms with E-state index in [1.54, 1.807) is 34.2 Å². The molecule has 2 aromatic heterocycles. The van der Waals surface area contributed by atoms with E-state index in [-0.39, 0.29) is 5.91 Å². The van der Waals surface area contributed by atoms with Crippen LogP contribution >= 0.6 is 0 Å². The molecule has 0 unspecified atom stereocenters. The van der Waals surface area contributed by atoms with Gasteiger partial charge in [0.2, 0.25) is 10.0 Å². The number of benzene rings is 1. The molecule has 1 N–H and O–H groups in total. The van der Waals surface area contributed by atoms with Crippen molar-refractivity contribution in [2.45, 2.75) is 57.5 Å². The molecular weight excluding hydrogens is 450 g/mol. The van der Waals surface area contributed by atoms with Gasteiger partial charge in [0.1, 0.15) is 4.90 Å². The summed E-state index contributed by atoms with van der Waals surface area (Å²) in [6.07, 6.45) is 5.63. The fourth-order valence-corrected chi connectivity index (χ4v) is 6.22. The molecule has 4 rings (SSSR count). The number of aryl methyl sites for hydroxylation is 1. The molecule has 3 aromatic rings. The van der Waals surface area contributed by atoms with Gasteiger partial charge in [-0.2, -0.15) is 9.40 Å². The van der Waals surface area contributed by atoms with Gasteiger partial charge in [0, 0.05) is 24.8 Å². The molecule has 0 saturated carbocycles. The Hall–Kier alpha value is -3.04. The molecule has 1 aromatic carbocycles. The number of pyridine rings is 1. The van der Waals surface area contributed by atoms with Crippen molar-refractivity contribution in [1.29, 1.82) is 0 Å². The molecule has 1 saturated heterocycles. The van der Waals surface area contributed by atoms with Gasteiger partial charge in [0.05, 0.1) is 30.2 Å². The summed E-state index contributed by atoms with van der Waals surface area (Å²) in [5, 5.41) is 7.40. The number of carbonyl (C=O) groups is 1. The second-order valence-corrected chi connectivity index (χ2v) is 10.6. The highest BCUT2D eigenvalue weighted by Gasteiger charge is 2.31. The van der Waals surface area contributed by atoms with Gasteiger partial charge < -0.3 is 5.32 Å². The van der Waals surface area contributed by atoms with Gasteiger partial charge >= 0.3 is 0 Å². The topological polar surface area (TPSA) is 97.2 Å². The Morgan fingerprint density at radius 3 is 2.35 bits per heavy atom. The lowest BCUT2D eigenvalue weighted by atomic mass is 10.1. The lowest BCUT2D eigenvalue weighted by Gasteiger charge is -2.20. The summed E-state index contributed by atoms with van der Waals surface area (Å²) in [4.78, 5) is 17.0. The summed E-state index contributed by atoms with van der Waals surface area (Å²) < 4.78 is 30.1. The maximum Gasteiger partial charge on any atom is 0.251 e. The van der Waals surface area contributed by atoms with Crippen LogP contribution in [0.3, 0.4) is 0 Å². The Bertz CT molecular complexity index is 1230. The summed E-state index contributed by atoms with van der Waals surface area (Å²) in [5.74, 6) is -0.172. The number of sulfonamides is 1.